The Balaban J connectivity index is 1.03. The van der Waals surface area contributed by atoms with Crippen molar-refractivity contribution in [2.75, 3.05) is 6.61 Å². The molecule has 4 N–H and O–H groups in total. The third kappa shape index (κ3) is 8.81. The minimum absolute atomic E-state index is 0.0293. The predicted molar refractivity (Wildman–Crippen MR) is 234 cm³/mol. The molecule has 0 heterocycles. The van der Waals surface area contributed by atoms with Gasteiger partial charge in [-0.1, -0.05) is 185 Å². The maximum Gasteiger partial charge on any atom is 0.213 e. The van der Waals surface area contributed by atoms with Crippen LogP contribution in [0.2, 0.25) is 5.02 Å². The van der Waals surface area contributed by atoms with Crippen LogP contribution in [0.1, 0.15) is 130 Å². The maximum atomic E-state index is 12.0. The number of ether oxygens (including phenoxy) is 1. The predicted octanol–water partition coefficient (Wildman–Crippen LogP) is 11.4. The van der Waals surface area contributed by atoms with Crippen LogP contribution in [0.4, 0.5) is 0 Å². The molecule has 4 aliphatic carbocycles. The van der Waals surface area contributed by atoms with Gasteiger partial charge in [-0.3, -0.25) is 10.2 Å². The van der Waals surface area contributed by atoms with Crippen molar-refractivity contribution < 1.29 is 19.8 Å². The van der Waals surface area contributed by atoms with E-state index in [1.165, 1.54) is 72.8 Å². The first kappa shape index (κ1) is 41.2. The molecule has 58 heavy (non-hydrogen) atoms. The van der Waals surface area contributed by atoms with Crippen LogP contribution < -0.4 is 10.8 Å². The minimum atomic E-state index is -1.20. The SMILES string of the molecule is CC1C=CC=CC1C(ONC(O)CC1(NC(O)OCC2c3ccccc3-c3ccccc32)CCCCC1)(c1ccc(C2CCCCCCC2)cc1)c1ccccc1Cl. The number of hydroxylamine groups is 1. The van der Waals surface area contributed by atoms with E-state index in [-0.39, 0.29) is 17.8 Å². The molecule has 306 valence electrons. The van der Waals surface area contributed by atoms with Gasteiger partial charge in [0.25, 0.3) is 0 Å². The van der Waals surface area contributed by atoms with E-state index in [4.69, 9.17) is 21.2 Å². The summed E-state index contributed by atoms with van der Waals surface area (Å²) in [4.78, 5) is 7.06. The highest BCUT2D eigenvalue weighted by Gasteiger charge is 2.47. The lowest BCUT2D eigenvalue weighted by atomic mass is 9.69. The quantitative estimate of drug-likeness (QED) is 0.0751. The molecule has 7 heteroatoms. The second-order valence-corrected chi connectivity index (χ2v) is 17.8. The summed E-state index contributed by atoms with van der Waals surface area (Å²) in [6.45, 7) is 2.55. The molecule has 0 aromatic heterocycles. The maximum absolute atomic E-state index is 12.0. The number of halogens is 1. The fourth-order valence-corrected chi connectivity index (χ4v) is 10.9. The van der Waals surface area contributed by atoms with E-state index >= 15 is 0 Å². The Morgan fingerprint density at radius 1 is 0.741 bits per heavy atom. The molecule has 0 aliphatic heterocycles. The van der Waals surface area contributed by atoms with Gasteiger partial charge in [-0.2, -0.15) is 5.48 Å². The number of aliphatic hydroxyl groups excluding tert-OH is 2. The molecule has 4 aromatic carbocycles. The number of aliphatic hydroxyl groups is 2. The average Bonchev–Trinajstić information content (AvgIpc) is 3.55. The molecule has 0 amide bonds. The number of hydrogen-bond donors (Lipinski definition) is 4. The zero-order valence-corrected chi connectivity index (χ0v) is 34.8. The molecule has 6 nitrogen and oxygen atoms in total. The summed E-state index contributed by atoms with van der Waals surface area (Å²) in [6.07, 6.45) is 20.3. The van der Waals surface area contributed by atoms with Crippen molar-refractivity contribution in [3.05, 3.63) is 154 Å². The van der Waals surface area contributed by atoms with Crippen LogP contribution >= 0.6 is 11.6 Å². The van der Waals surface area contributed by atoms with Crippen molar-refractivity contribution in [3.63, 3.8) is 0 Å². The molecule has 5 unspecified atom stereocenters. The monoisotopic (exact) mass is 800 g/mol. The summed E-state index contributed by atoms with van der Waals surface area (Å²) in [7, 11) is 0. The number of allylic oxidation sites excluding steroid dienone is 3. The smallest absolute Gasteiger partial charge is 0.213 e. The van der Waals surface area contributed by atoms with Crippen molar-refractivity contribution in [1.29, 1.82) is 0 Å². The van der Waals surface area contributed by atoms with E-state index in [1.807, 2.05) is 18.2 Å². The Morgan fingerprint density at radius 2 is 1.34 bits per heavy atom. The van der Waals surface area contributed by atoms with Crippen molar-refractivity contribution >= 4 is 11.6 Å². The first-order valence-corrected chi connectivity index (χ1v) is 22.3. The van der Waals surface area contributed by atoms with Gasteiger partial charge in [0.05, 0.1) is 6.61 Å². The lowest BCUT2D eigenvalue weighted by Crippen LogP contribution is -2.56. The Labute approximate surface area is 350 Å². The Kier molecular flexibility index (Phi) is 13.3. The van der Waals surface area contributed by atoms with Crippen molar-refractivity contribution in [2.45, 2.75) is 126 Å². The molecular formula is C51H61ClN2O4. The number of benzene rings is 4. The van der Waals surface area contributed by atoms with Gasteiger partial charge in [-0.15, -0.1) is 0 Å². The molecule has 0 spiro atoms. The van der Waals surface area contributed by atoms with Crippen molar-refractivity contribution in [1.82, 2.24) is 10.8 Å². The van der Waals surface area contributed by atoms with Crippen LogP contribution in [0.3, 0.4) is 0 Å². The minimum Gasteiger partial charge on any atom is -0.376 e. The molecule has 0 radical (unpaired) electrons. The number of fused-ring (bicyclic) bond motifs is 3. The summed E-state index contributed by atoms with van der Waals surface area (Å²) >= 11 is 7.13. The van der Waals surface area contributed by atoms with Crippen LogP contribution in [0.5, 0.6) is 0 Å². The van der Waals surface area contributed by atoms with Gasteiger partial charge >= 0.3 is 0 Å². The van der Waals surface area contributed by atoms with Crippen molar-refractivity contribution in [2.24, 2.45) is 11.8 Å². The zero-order chi connectivity index (χ0) is 40.0. The van der Waals surface area contributed by atoms with Gasteiger partial charge in [0.1, 0.15) is 11.8 Å². The van der Waals surface area contributed by atoms with E-state index in [0.717, 1.165) is 43.2 Å². The van der Waals surface area contributed by atoms with Gasteiger partial charge in [0.2, 0.25) is 6.41 Å². The lowest BCUT2D eigenvalue weighted by molar-refractivity contribution is -0.175. The molecule has 4 aliphatic rings. The topological polar surface area (TPSA) is 83.0 Å². The summed E-state index contributed by atoms with van der Waals surface area (Å²) in [5.74, 6) is 0.571. The van der Waals surface area contributed by atoms with Crippen LogP contribution in [0.15, 0.2) is 121 Å². The first-order valence-electron chi connectivity index (χ1n) is 21.9. The zero-order valence-electron chi connectivity index (χ0n) is 34.0. The van der Waals surface area contributed by atoms with Gasteiger partial charge in [0.15, 0.2) is 0 Å². The highest BCUT2D eigenvalue weighted by Crippen LogP contribution is 2.49. The normalized spacial score (nSPS) is 23.0. The highest BCUT2D eigenvalue weighted by molar-refractivity contribution is 6.31. The van der Waals surface area contributed by atoms with E-state index in [2.05, 4.69) is 121 Å². The van der Waals surface area contributed by atoms with Crippen LogP contribution in [-0.2, 0) is 15.2 Å². The molecule has 5 atom stereocenters. The van der Waals surface area contributed by atoms with Gasteiger partial charge in [0, 0.05) is 34.4 Å². The average molecular weight is 802 g/mol. The Morgan fingerprint density at radius 3 is 2.02 bits per heavy atom. The lowest BCUT2D eigenvalue weighted by Gasteiger charge is -2.45. The van der Waals surface area contributed by atoms with E-state index in [9.17, 15) is 10.2 Å². The number of hydrogen-bond acceptors (Lipinski definition) is 6. The van der Waals surface area contributed by atoms with E-state index < -0.39 is 23.8 Å². The van der Waals surface area contributed by atoms with Crippen LogP contribution in [-0.4, -0.2) is 35.0 Å². The summed E-state index contributed by atoms with van der Waals surface area (Å²) < 4.78 is 6.23. The third-order valence-corrected chi connectivity index (χ3v) is 14.0. The van der Waals surface area contributed by atoms with E-state index in [1.54, 1.807) is 0 Å². The highest BCUT2D eigenvalue weighted by atomic mass is 35.5. The molecular weight excluding hydrogens is 740 g/mol. The third-order valence-electron chi connectivity index (χ3n) is 13.6. The number of rotatable bonds is 14. The molecule has 8 rings (SSSR count). The van der Waals surface area contributed by atoms with Crippen LogP contribution in [0, 0.1) is 11.8 Å². The second kappa shape index (κ2) is 18.8. The Bertz CT molecular complexity index is 1970. The molecule has 4 aromatic rings. The van der Waals surface area contributed by atoms with E-state index in [0.29, 0.717) is 24.0 Å². The van der Waals surface area contributed by atoms with Gasteiger partial charge in [-0.05, 0) is 77.0 Å². The van der Waals surface area contributed by atoms with Gasteiger partial charge in [-0.25, -0.2) is 0 Å². The summed E-state index contributed by atoms with van der Waals surface area (Å²) in [6, 6.07) is 33.9. The molecule has 2 saturated carbocycles. The largest absolute Gasteiger partial charge is 0.376 e. The summed E-state index contributed by atoms with van der Waals surface area (Å²) in [5, 5.41) is 27.5. The Hall–Kier alpha value is -3.59. The fraction of sp³-hybridized carbons (Fsp3) is 0.451. The fourth-order valence-electron chi connectivity index (χ4n) is 10.6. The van der Waals surface area contributed by atoms with Crippen molar-refractivity contribution in [3.8, 4) is 11.1 Å². The summed E-state index contributed by atoms with van der Waals surface area (Å²) in [5.41, 5.74) is 9.63. The number of nitrogens with one attached hydrogen (secondary N) is 2. The second-order valence-electron chi connectivity index (χ2n) is 17.4. The first-order chi connectivity index (χ1) is 28.4. The standard InChI is InChI=1S/C51H61ClN2O4/c1-36-18-8-13-25-45(36)51(46-26-14-15-27-47(46)52,39-30-28-38(29-31-39)37-19-6-3-2-4-7-20-37)58-54-48(55)34-50(32-16-5-17-33-50)53-49(56)57-35-44-42-23-11-9-21-40(42)41-22-10-12-24-43(41)44/h8-15,18,21-31,36-37,44-45,48-49,53-56H,2-7,16-17,19-20,32-35H2,1H3. The van der Waals surface area contributed by atoms with Crippen LogP contribution in [0.25, 0.3) is 11.1 Å². The molecule has 0 bridgehead atoms. The molecule has 0 saturated heterocycles. The van der Waals surface area contributed by atoms with Gasteiger partial charge < -0.3 is 14.9 Å². The molecule has 2 fully saturated rings.